The molecule has 3 aromatic carbocycles. The molecule has 0 aliphatic heterocycles. The molecule has 2 N–H and O–H groups in total. The molecule has 0 aliphatic rings. The van der Waals surface area contributed by atoms with E-state index in [0.717, 1.165) is 23.9 Å². The number of likely N-dealkylation sites (N-methyl/N-ethyl adjacent to an activating group) is 1. The fourth-order valence-electron chi connectivity index (χ4n) is 3.33. The molecule has 1 heterocycles. The molecule has 0 saturated carbocycles. The summed E-state index contributed by atoms with van der Waals surface area (Å²) in [5, 5.41) is 1.10. The van der Waals surface area contributed by atoms with Crippen LogP contribution in [0.25, 0.3) is 10.9 Å². The van der Waals surface area contributed by atoms with Crippen LogP contribution >= 0.6 is 0 Å². The van der Waals surface area contributed by atoms with Gasteiger partial charge in [0.1, 0.15) is 11.5 Å². The smallest absolute Gasteiger partial charge is 0.261 e. The average molecular weight is 436 g/mol. The third kappa shape index (κ3) is 5.07. The second kappa shape index (κ2) is 8.83. The lowest BCUT2D eigenvalue weighted by molar-refractivity contribution is 0.414. The van der Waals surface area contributed by atoms with Crippen molar-refractivity contribution in [2.75, 3.05) is 25.4 Å². The maximum atomic E-state index is 12.8. The van der Waals surface area contributed by atoms with E-state index in [1.807, 2.05) is 62.8 Å². The number of benzene rings is 3. The van der Waals surface area contributed by atoms with Gasteiger partial charge in [-0.25, -0.2) is 8.42 Å². The van der Waals surface area contributed by atoms with Gasteiger partial charge in [-0.05, 0) is 74.6 Å². The predicted octanol–water partition coefficient (Wildman–Crippen LogP) is 4.87. The molecule has 31 heavy (non-hydrogen) atoms. The van der Waals surface area contributed by atoms with Crippen LogP contribution in [0.15, 0.2) is 83.9 Å². The normalized spacial score (nSPS) is 11.7. The molecule has 7 heteroatoms. The monoisotopic (exact) mass is 435 g/mol. The first-order chi connectivity index (χ1) is 14.9. The van der Waals surface area contributed by atoms with Crippen molar-refractivity contribution >= 4 is 26.6 Å². The van der Waals surface area contributed by atoms with Crippen LogP contribution in [0.5, 0.6) is 11.5 Å². The first kappa shape index (κ1) is 21.0. The van der Waals surface area contributed by atoms with Gasteiger partial charge in [0.2, 0.25) is 0 Å². The predicted molar refractivity (Wildman–Crippen MR) is 124 cm³/mol. The summed E-state index contributed by atoms with van der Waals surface area (Å²) >= 11 is 0. The summed E-state index contributed by atoms with van der Waals surface area (Å²) in [6.45, 7) is 0.950. The van der Waals surface area contributed by atoms with Crippen LogP contribution in [-0.2, 0) is 16.4 Å². The van der Waals surface area contributed by atoms with Gasteiger partial charge < -0.3 is 14.6 Å². The maximum absolute atomic E-state index is 12.8. The minimum absolute atomic E-state index is 0.172. The van der Waals surface area contributed by atoms with Crippen molar-refractivity contribution in [1.29, 1.82) is 0 Å². The number of nitrogens with zero attached hydrogens (tertiary/aromatic N) is 1. The molecule has 0 radical (unpaired) electrons. The van der Waals surface area contributed by atoms with Gasteiger partial charge >= 0.3 is 0 Å². The highest BCUT2D eigenvalue weighted by atomic mass is 32.2. The van der Waals surface area contributed by atoms with E-state index in [-0.39, 0.29) is 4.90 Å². The van der Waals surface area contributed by atoms with Gasteiger partial charge in [0, 0.05) is 23.6 Å². The zero-order valence-corrected chi connectivity index (χ0v) is 18.3. The van der Waals surface area contributed by atoms with E-state index in [0.29, 0.717) is 17.2 Å². The third-order valence-corrected chi connectivity index (χ3v) is 6.36. The minimum atomic E-state index is -3.71. The Hall–Kier alpha value is -3.29. The lowest BCUT2D eigenvalue weighted by atomic mass is 10.1. The number of sulfonamides is 1. The Bertz CT molecular complexity index is 1260. The number of hydrogen-bond donors (Lipinski definition) is 2. The first-order valence-electron chi connectivity index (χ1n) is 10.0. The number of nitrogens with one attached hydrogen (secondary N) is 2. The molecule has 0 aliphatic carbocycles. The second-order valence-electron chi connectivity index (χ2n) is 7.62. The summed E-state index contributed by atoms with van der Waals surface area (Å²) in [5.74, 6) is 1.27. The number of aromatic nitrogens is 1. The Balaban J connectivity index is 1.48. The number of anilines is 1. The zero-order valence-electron chi connectivity index (χ0n) is 17.5. The summed E-state index contributed by atoms with van der Waals surface area (Å²) in [5.41, 5.74) is 2.63. The van der Waals surface area contributed by atoms with Crippen molar-refractivity contribution in [2.24, 2.45) is 0 Å². The van der Waals surface area contributed by atoms with Crippen LogP contribution in [0, 0.1) is 0 Å². The fraction of sp³-hybridized carbons (Fsp3) is 0.167. The van der Waals surface area contributed by atoms with E-state index >= 15 is 0 Å². The Morgan fingerprint density at radius 1 is 0.935 bits per heavy atom. The maximum Gasteiger partial charge on any atom is 0.261 e. The van der Waals surface area contributed by atoms with Gasteiger partial charge in [0.05, 0.1) is 10.6 Å². The standard InChI is InChI=1S/C24H25N3O3S/c1-27(2)15-14-18-17-25-24-16-19(8-13-23(18)24)26-31(28,29)22-11-9-21(10-12-22)30-20-6-4-3-5-7-20/h3-13,16-17,25-26H,14-15H2,1-2H3. The van der Waals surface area contributed by atoms with E-state index < -0.39 is 10.0 Å². The highest BCUT2D eigenvalue weighted by molar-refractivity contribution is 7.92. The largest absolute Gasteiger partial charge is 0.457 e. The van der Waals surface area contributed by atoms with E-state index in [4.69, 9.17) is 4.74 Å². The van der Waals surface area contributed by atoms with Crippen molar-refractivity contribution in [3.05, 3.63) is 84.6 Å². The Morgan fingerprint density at radius 3 is 2.35 bits per heavy atom. The van der Waals surface area contributed by atoms with E-state index in [9.17, 15) is 8.42 Å². The molecule has 0 amide bonds. The topological polar surface area (TPSA) is 74.4 Å². The quantitative estimate of drug-likeness (QED) is 0.414. The molecule has 4 aromatic rings. The van der Waals surface area contributed by atoms with E-state index in [1.54, 1.807) is 18.2 Å². The summed E-state index contributed by atoms with van der Waals surface area (Å²) in [6, 6.07) is 21.3. The van der Waals surface area contributed by atoms with E-state index in [1.165, 1.54) is 17.7 Å². The number of H-pyrrole nitrogens is 1. The van der Waals surface area contributed by atoms with E-state index in [2.05, 4.69) is 14.6 Å². The van der Waals surface area contributed by atoms with Gasteiger partial charge in [-0.2, -0.15) is 0 Å². The molecular formula is C24H25N3O3S. The average Bonchev–Trinajstić information content (AvgIpc) is 3.15. The van der Waals surface area contributed by atoms with Crippen LogP contribution < -0.4 is 9.46 Å². The molecule has 0 fully saturated rings. The van der Waals surface area contributed by atoms with Crippen LogP contribution in [-0.4, -0.2) is 38.9 Å². The van der Waals surface area contributed by atoms with Crippen LogP contribution in [0.1, 0.15) is 5.56 Å². The summed E-state index contributed by atoms with van der Waals surface area (Å²) in [7, 11) is 0.375. The number of aromatic amines is 1. The van der Waals surface area contributed by atoms with Crippen LogP contribution in [0.3, 0.4) is 0 Å². The molecule has 0 atom stereocenters. The Labute approximate surface area is 182 Å². The second-order valence-corrected chi connectivity index (χ2v) is 9.30. The van der Waals surface area contributed by atoms with Crippen molar-refractivity contribution in [3.8, 4) is 11.5 Å². The first-order valence-corrected chi connectivity index (χ1v) is 11.5. The molecule has 6 nitrogen and oxygen atoms in total. The van der Waals surface area contributed by atoms with Gasteiger partial charge in [0.25, 0.3) is 10.0 Å². The van der Waals surface area contributed by atoms with Gasteiger partial charge in [0.15, 0.2) is 0 Å². The number of fused-ring (bicyclic) bond motifs is 1. The molecule has 160 valence electrons. The number of hydrogen-bond acceptors (Lipinski definition) is 4. The van der Waals surface area contributed by atoms with Gasteiger partial charge in [-0.1, -0.05) is 24.3 Å². The number of rotatable bonds is 8. The zero-order chi connectivity index (χ0) is 21.8. The molecule has 0 spiro atoms. The molecule has 0 unspecified atom stereocenters. The summed E-state index contributed by atoms with van der Waals surface area (Å²) in [4.78, 5) is 5.55. The summed E-state index contributed by atoms with van der Waals surface area (Å²) in [6.07, 6.45) is 2.91. The van der Waals surface area contributed by atoms with Crippen molar-refractivity contribution in [2.45, 2.75) is 11.3 Å². The SMILES string of the molecule is CN(C)CCc1c[nH]c2cc(NS(=O)(=O)c3ccc(Oc4ccccc4)cc3)ccc12. The molecule has 4 rings (SSSR count). The van der Waals surface area contributed by atoms with Crippen LogP contribution in [0.2, 0.25) is 0 Å². The minimum Gasteiger partial charge on any atom is -0.457 e. The van der Waals surface area contributed by atoms with Gasteiger partial charge in [-0.15, -0.1) is 0 Å². The highest BCUT2D eigenvalue weighted by Crippen LogP contribution is 2.26. The molecular weight excluding hydrogens is 410 g/mol. The summed E-state index contributed by atoms with van der Waals surface area (Å²) < 4.78 is 34.0. The lowest BCUT2D eigenvalue weighted by Crippen LogP contribution is -2.14. The number of para-hydroxylation sites is 1. The van der Waals surface area contributed by atoms with Crippen LogP contribution in [0.4, 0.5) is 5.69 Å². The molecule has 0 saturated heterocycles. The van der Waals surface area contributed by atoms with Gasteiger partial charge in [-0.3, -0.25) is 4.72 Å². The highest BCUT2D eigenvalue weighted by Gasteiger charge is 2.15. The third-order valence-electron chi connectivity index (χ3n) is 4.96. The Morgan fingerprint density at radius 2 is 1.65 bits per heavy atom. The molecule has 1 aromatic heterocycles. The molecule has 0 bridgehead atoms. The lowest BCUT2D eigenvalue weighted by Gasteiger charge is -2.10. The number of ether oxygens (including phenoxy) is 1. The van der Waals surface area contributed by atoms with Crippen molar-refractivity contribution in [1.82, 2.24) is 9.88 Å². The Kier molecular flexibility index (Phi) is 5.97. The van der Waals surface area contributed by atoms with Crippen molar-refractivity contribution in [3.63, 3.8) is 0 Å². The fourth-order valence-corrected chi connectivity index (χ4v) is 4.38. The van der Waals surface area contributed by atoms with Crippen molar-refractivity contribution < 1.29 is 13.2 Å².